The summed E-state index contributed by atoms with van der Waals surface area (Å²) in [5.74, 6) is 0.678. The van der Waals surface area contributed by atoms with Crippen molar-refractivity contribution in [2.24, 2.45) is 0 Å². The zero-order chi connectivity index (χ0) is 18.7. The Bertz CT molecular complexity index is 958. The molecule has 0 unspecified atom stereocenters. The van der Waals surface area contributed by atoms with Crippen LogP contribution in [0.1, 0.15) is 21.5 Å². The maximum Gasteiger partial charge on any atom is 0.214 e. The second kappa shape index (κ2) is 7.88. The summed E-state index contributed by atoms with van der Waals surface area (Å²) in [5.41, 5.74) is 3.73. The minimum atomic E-state index is -0.0609. The monoisotopic (exact) mass is 388 g/mol. The number of Topliss-reactive ketones (excluding diaryl/α,β-unsaturated/α-hetero) is 1. The average Bonchev–Trinajstić information content (AvgIpc) is 3.10. The van der Waals surface area contributed by atoms with Crippen LogP contribution in [0.25, 0.3) is 5.69 Å². The Kier molecular flexibility index (Phi) is 5.58. The molecule has 8 heteroatoms. The molecule has 0 radical (unpaired) electrons. The van der Waals surface area contributed by atoms with Gasteiger partial charge in [0.15, 0.2) is 5.78 Å². The molecule has 26 heavy (non-hydrogen) atoms. The van der Waals surface area contributed by atoms with Crippen LogP contribution in [0.4, 0.5) is 0 Å². The summed E-state index contributed by atoms with van der Waals surface area (Å²) in [6, 6.07) is 11.0. The second-order valence-corrected chi connectivity index (χ2v) is 7.05. The first-order valence-electron chi connectivity index (χ1n) is 7.85. The number of methoxy groups -OCH3 is 1. The quantitative estimate of drug-likeness (QED) is 0.471. The number of benzene rings is 2. The van der Waals surface area contributed by atoms with Gasteiger partial charge < -0.3 is 4.74 Å². The molecule has 0 fully saturated rings. The maximum atomic E-state index is 12.4. The molecule has 0 atom stereocenters. The first-order valence-corrected chi connectivity index (χ1v) is 9.21. The third-order valence-corrected chi connectivity index (χ3v) is 5.20. The number of halogens is 1. The van der Waals surface area contributed by atoms with Crippen LogP contribution < -0.4 is 4.74 Å². The number of tetrazole rings is 1. The van der Waals surface area contributed by atoms with E-state index < -0.39 is 0 Å². The Morgan fingerprint density at radius 1 is 1.19 bits per heavy atom. The number of hydrogen-bond donors (Lipinski definition) is 0. The molecule has 0 saturated carbocycles. The topological polar surface area (TPSA) is 69.9 Å². The van der Waals surface area contributed by atoms with Crippen molar-refractivity contribution in [1.82, 2.24) is 20.2 Å². The SMILES string of the molecule is COc1ccc(C(=O)CSc2nnnn2-c2ccc(C)c(C)c2)cc1Cl. The van der Waals surface area contributed by atoms with E-state index in [1.54, 1.807) is 22.9 Å². The van der Waals surface area contributed by atoms with E-state index in [1.165, 1.54) is 24.4 Å². The zero-order valence-electron chi connectivity index (χ0n) is 14.6. The minimum Gasteiger partial charge on any atom is -0.495 e. The number of rotatable bonds is 6. The molecule has 2 aromatic carbocycles. The molecular weight excluding hydrogens is 372 g/mol. The fourth-order valence-corrected chi connectivity index (χ4v) is 3.38. The number of carbonyl (C=O) groups excluding carboxylic acids is 1. The molecule has 0 aliphatic rings. The van der Waals surface area contributed by atoms with E-state index >= 15 is 0 Å². The van der Waals surface area contributed by atoms with Crippen LogP contribution in [0.2, 0.25) is 5.02 Å². The molecule has 134 valence electrons. The molecule has 0 spiro atoms. The number of aryl methyl sites for hydroxylation is 2. The highest BCUT2D eigenvalue weighted by Crippen LogP contribution is 2.26. The van der Waals surface area contributed by atoms with Crippen molar-refractivity contribution >= 4 is 29.1 Å². The van der Waals surface area contributed by atoms with E-state index in [4.69, 9.17) is 16.3 Å². The Morgan fingerprint density at radius 2 is 2.00 bits per heavy atom. The Hall–Kier alpha value is -2.38. The van der Waals surface area contributed by atoms with E-state index in [9.17, 15) is 4.79 Å². The Morgan fingerprint density at radius 3 is 2.69 bits per heavy atom. The number of ketones is 1. The molecular formula is C18H17ClN4O2S. The Balaban J connectivity index is 1.74. The maximum absolute atomic E-state index is 12.4. The molecule has 0 saturated heterocycles. The molecule has 0 amide bonds. The lowest BCUT2D eigenvalue weighted by molar-refractivity contribution is 0.102. The molecule has 1 aromatic heterocycles. The van der Waals surface area contributed by atoms with Gasteiger partial charge in [0.05, 0.1) is 23.6 Å². The first kappa shape index (κ1) is 18.4. The van der Waals surface area contributed by atoms with Gasteiger partial charge in [0, 0.05) is 5.56 Å². The fourth-order valence-electron chi connectivity index (χ4n) is 2.34. The van der Waals surface area contributed by atoms with E-state index in [2.05, 4.69) is 15.5 Å². The van der Waals surface area contributed by atoms with E-state index in [0.717, 1.165) is 11.3 Å². The van der Waals surface area contributed by atoms with Gasteiger partial charge in [-0.05, 0) is 65.7 Å². The van der Waals surface area contributed by atoms with Crippen molar-refractivity contribution in [2.45, 2.75) is 19.0 Å². The normalized spacial score (nSPS) is 10.8. The molecule has 0 bridgehead atoms. The smallest absolute Gasteiger partial charge is 0.214 e. The largest absolute Gasteiger partial charge is 0.495 e. The number of nitrogens with zero attached hydrogens (tertiary/aromatic N) is 4. The van der Waals surface area contributed by atoms with Gasteiger partial charge in [-0.15, -0.1) is 5.10 Å². The highest BCUT2D eigenvalue weighted by molar-refractivity contribution is 7.99. The molecule has 3 aromatic rings. The summed E-state index contributed by atoms with van der Waals surface area (Å²) in [7, 11) is 1.53. The van der Waals surface area contributed by atoms with Gasteiger partial charge in [-0.1, -0.05) is 29.4 Å². The molecule has 6 nitrogen and oxygen atoms in total. The lowest BCUT2D eigenvalue weighted by atomic mass is 10.1. The third kappa shape index (κ3) is 3.89. The second-order valence-electron chi connectivity index (χ2n) is 5.70. The van der Waals surface area contributed by atoms with E-state index in [-0.39, 0.29) is 11.5 Å². The van der Waals surface area contributed by atoms with Crippen molar-refractivity contribution in [3.8, 4) is 11.4 Å². The summed E-state index contributed by atoms with van der Waals surface area (Å²) >= 11 is 7.37. The molecule has 0 aliphatic heterocycles. The van der Waals surface area contributed by atoms with Gasteiger partial charge >= 0.3 is 0 Å². The van der Waals surface area contributed by atoms with Gasteiger partial charge in [-0.3, -0.25) is 4.79 Å². The van der Waals surface area contributed by atoms with Gasteiger partial charge in [-0.25, -0.2) is 0 Å². The van der Waals surface area contributed by atoms with Crippen molar-refractivity contribution < 1.29 is 9.53 Å². The van der Waals surface area contributed by atoms with Crippen molar-refractivity contribution in [2.75, 3.05) is 12.9 Å². The third-order valence-electron chi connectivity index (χ3n) is 3.98. The summed E-state index contributed by atoms with van der Waals surface area (Å²) in [6.07, 6.45) is 0. The van der Waals surface area contributed by atoms with Crippen LogP contribution in [0.5, 0.6) is 5.75 Å². The van der Waals surface area contributed by atoms with Gasteiger partial charge in [0.25, 0.3) is 0 Å². The highest BCUT2D eigenvalue weighted by atomic mass is 35.5. The number of hydrogen-bond acceptors (Lipinski definition) is 6. The number of aromatic nitrogens is 4. The van der Waals surface area contributed by atoms with Crippen LogP contribution in [0, 0.1) is 13.8 Å². The van der Waals surface area contributed by atoms with Gasteiger partial charge in [0.2, 0.25) is 5.16 Å². The van der Waals surface area contributed by atoms with Crippen molar-refractivity contribution in [1.29, 1.82) is 0 Å². The summed E-state index contributed by atoms with van der Waals surface area (Å²) in [4.78, 5) is 12.4. The first-order chi connectivity index (χ1) is 12.5. The van der Waals surface area contributed by atoms with Crippen molar-refractivity contribution in [3.63, 3.8) is 0 Å². The Labute approximate surface area is 160 Å². The molecule has 0 aliphatic carbocycles. The fraction of sp³-hybridized carbons (Fsp3) is 0.222. The van der Waals surface area contributed by atoms with Crippen LogP contribution >= 0.6 is 23.4 Å². The summed E-state index contributed by atoms with van der Waals surface area (Å²) in [5, 5.41) is 12.7. The lowest BCUT2D eigenvalue weighted by Gasteiger charge is -2.07. The predicted molar refractivity (Wildman–Crippen MR) is 102 cm³/mol. The molecule has 3 rings (SSSR count). The van der Waals surface area contributed by atoms with Gasteiger partial charge in [-0.2, -0.15) is 4.68 Å². The molecule has 1 heterocycles. The number of ether oxygens (including phenoxy) is 1. The number of carbonyl (C=O) groups is 1. The highest BCUT2D eigenvalue weighted by Gasteiger charge is 2.14. The molecule has 0 N–H and O–H groups in total. The minimum absolute atomic E-state index is 0.0609. The van der Waals surface area contributed by atoms with Crippen LogP contribution in [0.15, 0.2) is 41.6 Å². The van der Waals surface area contributed by atoms with Crippen molar-refractivity contribution in [3.05, 3.63) is 58.1 Å². The summed E-state index contributed by atoms with van der Waals surface area (Å²) < 4.78 is 6.73. The zero-order valence-corrected chi connectivity index (χ0v) is 16.1. The number of thioether (sulfide) groups is 1. The predicted octanol–water partition coefficient (Wildman–Crippen LogP) is 3.92. The van der Waals surface area contributed by atoms with Gasteiger partial charge in [0.1, 0.15) is 5.75 Å². The summed E-state index contributed by atoms with van der Waals surface area (Å²) in [6.45, 7) is 4.08. The average molecular weight is 389 g/mol. The lowest BCUT2D eigenvalue weighted by Crippen LogP contribution is -2.05. The van der Waals surface area contributed by atoms with Crippen LogP contribution in [-0.2, 0) is 0 Å². The standard InChI is InChI=1S/C18H17ClN4O2S/c1-11-4-6-14(8-12(11)2)23-18(20-21-22-23)26-10-16(24)13-5-7-17(25-3)15(19)9-13/h4-9H,10H2,1-3H3. The van der Waals surface area contributed by atoms with E-state index in [0.29, 0.717) is 21.5 Å². The van der Waals surface area contributed by atoms with Crippen LogP contribution in [0.3, 0.4) is 0 Å². The van der Waals surface area contributed by atoms with E-state index in [1.807, 2.05) is 32.0 Å². The van der Waals surface area contributed by atoms with Crippen LogP contribution in [-0.4, -0.2) is 38.9 Å².